The van der Waals surface area contributed by atoms with E-state index in [1.54, 1.807) is 20.8 Å². The molecule has 7 nitrogen and oxygen atoms in total. The largest absolute Gasteiger partial charge is 0.481 e. The fourth-order valence-corrected chi connectivity index (χ4v) is 5.17. The minimum atomic E-state index is -0.939. The molecule has 0 aliphatic carbocycles. The number of hydrogen-bond acceptors (Lipinski definition) is 3. The number of carbonyl (C=O) groups is 3. The molecule has 3 atom stereocenters. The van der Waals surface area contributed by atoms with Crippen LogP contribution in [0.4, 0.5) is 0 Å². The maximum absolute atomic E-state index is 11.6. The van der Waals surface area contributed by atoms with Crippen LogP contribution in [-0.4, -0.2) is 63.9 Å². The smallest absolute Gasteiger partial charge is 0.311 e. The quantitative estimate of drug-likeness (QED) is 0.0670. The van der Waals surface area contributed by atoms with Gasteiger partial charge in [-0.15, -0.1) is 0 Å². The summed E-state index contributed by atoms with van der Waals surface area (Å²) < 4.78 is 0.211. The standard InChI is InChI=1S/C30H55NO6/c1-5-6-7-8-9-10-11-12-13-14-15-16-17-18-19-20-21-31(22-25(2)28(32)33,23-26(3)29(34)35)24-27(4)30(36)37/h15-16,25-27H,5-14,17-24H2,1-4H3,(H2-,32,33,34,35,36,37)/p+1/b16-15+. The van der Waals surface area contributed by atoms with Crippen molar-refractivity contribution in [2.24, 2.45) is 17.8 Å². The predicted molar refractivity (Wildman–Crippen MR) is 150 cm³/mol. The maximum Gasteiger partial charge on any atom is 0.311 e. The maximum atomic E-state index is 11.6. The number of rotatable bonds is 25. The van der Waals surface area contributed by atoms with Gasteiger partial charge in [0, 0.05) is 0 Å². The Morgan fingerprint density at radius 1 is 0.568 bits per heavy atom. The van der Waals surface area contributed by atoms with Crippen LogP contribution >= 0.6 is 0 Å². The molecule has 0 aromatic heterocycles. The lowest BCUT2D eigenvalue weighted by atomic mass is 10.0. The van der Waals surface area contributed by atoms with E-state index in [1.165, 1.54) is 57.8 Å². The number of nitrogens with zero attached hydrogens (tertiary/aromatic N) is 1. The molecule has 3 unspecified atom stereocenters. The third-order valence-electron chi connectivity index (χ3n) is 7.39. The van der Waals surface area contributed by atoms with Crippen molar-refractivity contribution in [1.82, 2.24) is 0 Å². The summed E-state index contributed by atoms with van der Waals surface area (Å²) in [5.41, 5.74) is 0. The molecule has 0 fully saturated rings. The lowest BCUT2D eigenvalue weighted by Gasteiger charge is -2.42. The van der Waals surface area contributed by atoms with Gasteiger partial charge < -0.3 is 19.8 Å². The van der Waals surface area contributed by atoms with E-state index in [9.17, 15) is 29.7 Å². The summed E-state index contributed by atoms with van der Waals surface area (Å²) in [6.07, 6.45) is 21.5. The van der Waals surface area contributed by atoms with Crippen LogP contribution in [0.5, 0.6) is 0 Å². The van der Waals surface area contributed by atoms with Gasteiger partial charge in [-0.25, -0.2) is 0 Å². The van der Waals surface area contributed by atoms with Crippen molar-refractivity contribution in [3.63, 3.8) is 0 Å². The van der Waals surface area contributed by atoms with Crippen LogP contribution in [0, 0.1) is 17.8 Å². The first-order valence-electron chi connectivity index (χ1n) is 14.7. The molecule has 3 N–H and O–H groups in total. The van der Waals surface area contributed by atoms with E-state index in [-0.39, 0.29) is 24.1 Å². The average Bonchev–Trinajstić information content (AvgIpc) is 2.83. The number of carboxylic acid groups (broad SMARTS) is 3. The van der Waals surface area contributed by atoms with E-state index in [0.717, 1.165) is 32.1 Å². The van der Waals surface area contributed by atoms with Crippen LogP contribution < -0.4 is 0 Å². The van der Waals surface area contributed by atoms with Crippen LogP contribution in [0.3, 0.4) is 0 Å². The number of aliphatic carboxylic acids is 3. The number of allylic oxidation sites excluding steroid dienone is 2. The van der Waals surface area contributed by atoms with Crippen LogP contribution in [0.25, 0.3) is 0 Å². The average molecular weight is 527 g/mol. The molecule has 0 spiro atoms. The minimum absolute atomic E-state index is 0.211. The van der Waals surface area contributed by atoms with Crippen LogP contribution in [-0.2, 0) is 14.4 Å². The Morgan fingerprint density at radius 3 is 1.24 bits per heavy atom. The highest BCUT2D eigenvalue weighted by molar-refractivity contribution is 5.70. The molecule has 0 aliphatic heterocycles. The van der Waals surface area contributed by atoms with Gasteiger partial charge in [-0.05, 0) is 59.3 Å². The number of carboxylic acids is 3. The summed E-state index contributed by atoms with van der Waals surface area (Å²) in [7, 11) is 0. The summed E-state index contributed by atoms with van der Waals surface area (Å²) in [6, 6.07) is 0. The Bertz CT molecular complexity index is 607. The summed E-state index contributed by atoms with van der Waals surface area (Å²) in [5, 5.41) is 28.5. The first-order valence-corrected chi connectivity index (χ1v) is 14.7. The second-order valence-electron chi connectivity index (χ2n) is 11.3. The third kappa shape index (κ3) is 18.1. The van der Waals surface area contributed by atoms with Gasteiger partial charge in [0.2, 0.25) is 0 Å². The molecule has 0 saturated heterocycles. The van der Waals surface area contributed by atoms with Crippen LogP contribution in [0.2, 0.25) is 0 Å². The van der Waals surface area contributed by atoms with E-state index in [4.69, 9.17) is 0 Å². The number of quaternary nitrogens is 1. The highest BCUT2D eigenvalue weighted by Crippen LogP contribution is 2.22. The van der Waals surface area contributed by atoms with Crippen molar-refractivity contribution >= 4 is 17.9 Å². The van der Waals surface area contributed by atoms with E-state index in [0.29, 0.717) is 6.54 Å². The van der Waals surface area contributed by atoms with E-state index in [1.807, 2.05) is 0 Å². The molecule has 0 saturated carbocycles. The second-order valence-corrected chi connectivity index (χ2v) is 11.3. The van der Waals surface area contributed by atoms with Crippen molar-refractivity contribution < 1.29 is 34.2 Å². The SMILES string of the molecule is CCCCCCCCCCC/C=C/CCCCC[N+](CC(C)C(=O)O)(CC(C)C(=O)O)CC(C)C(=O)O. The minimum Gasteiger partial charge on any atom is -0.481 e. The normalized spacial score (nSPS) is 15.8. The van der Waals surface area contributed by atoms with Gasteiger partial charge in [0.15, 0.2) is 0 Å². The van der Waals surface area contributed by atoms with Gasteiger partial charge >= 0.3 is 17.9 Å². The summed E-state index contributed by atoms with van der Waals surface area (Å²) in [4.78, 5) is 34.8. The first kappa shape index (κ1) is 35.1. The summed E-state index contributed by atoms with van der Waals surface area (Å²) in [5.74, 6) is -4.84. The molecule has 37 heavy (non-hydrogen) atoms. The molecule has 0 heterocycles. The highest BCUT2D eigenvalue weighted by Gasteiger charge is 2.38. The van der Waals surface area contributed by atoms with Gasteiger partial charge in [-0.2, -0.15) is 0 Å². The van der Waals surface area contributed by atoms with Crippen molar-refractivity contribution in [2.45, 2.75) is 118 Å². The molecule has 0 amide bonds. The lowest BCUT2D eigenvalue weighted by molar-refractivity contribution is -0.934. The highest BCUT2D eigenvalue weighted by atomic mass is 16.4. The molecule has 7 heteroatoms. The Kier molecular flexibility index (Phi) is 20.0. The molecule has 0 rings (SSSR count). The Labute approximate surface area is 225 Å². The molecule has 0 radical (unpaired) electrons. The summed E-state index contributed by atoms with van der Waals surface area (Å²) >= 11 is 0. The van der Waals surface area contributed by atoms with Gasteiger partial charge in [0.25, 0.3) is 0 Å². The van der Waals surface area contributed by atoms with Gasteiger partial charge in [0.05, 0.1) is 26.2 Å². The molecule has 0 aliphatic rings. The molecule has 0 aromatic rings. The summed E-state index contributed by atoms with van der Waals surface area (Å²) in [6.45, 7) is 8.41. The van der Waals surface area contributed by atoms with E-state index >= 15 is 0 Å². The zero-order chi connectivity index (χ0) is 28.1. The van der Waals surface area contributed by atoms with Crippen molar-refractivity contribution in [3.8, 4) is 0 Å². The zero-order valence-electron chi connectivity index (χ0n) is 24.1. The van der Waals surface area contributed by atoms with Gasteiger partial charge in [0.1, 0.15) is 17.8 Å². The topological polar surface area (TPSA) is 112 Å². The molecular formula is C30H56NO6+. The Morgan fingerprint density at radius 2 is 0.892 bits per heavy atom. The van der Waals surface area contributed by atoms with E-state index in [2.05, 4.69) is 19.1 Å². The fourth-order valence-electron chi connectivity index (χ4n) is 5.17. The lowest BCUT2D eigenvalue weighted by Crippen LogP contribution is -2.57. The van der Waals surface area contributed by atoms with Crippen molar-refractivity contribution in [3.05, 3.63) is 12.2 Å². The zero-order valence-corrected chi connectivity index (χ0v) is 24.1. The van der Waals surface area contributed by atoms with E-state index < -0.39 is 35.7 Å². The van der Waals surface area contributed by atoms with Gasteiger partial charge in [-0.1, -0.05) is 70.4 Å². The third-order valence-corrected chi connectivity index (χ3v) is 7.39. The van der Waals surface area contributed by atoms with Crippen LogP contribution in [0.1, 0.15) is 118 Å². The molecule has 0 aromatic carbocycles. The second kappa shape index (κ2) is 21.1. The number of unbranched alkanes of at least 4 members (excludes halogenated alkanes) is 12. The molecule has 216 valence electrons. The van der Waals surface area contributed by atoms with Gasteiger partial charge in [-0.3, -0.25) is 14.4 Å². The predicted octanol–water partition coefficient (Wildman–Crippen LogP) is 7.00. The monoisotopic (exact) mass is 526 g/mol. The Hall–Kier alpha value is -1.89. The fraction of sp³-hybridized carbons (Fsp3) is 0.833. The number of hydrogen-bond donors (Lipinski definition) is 3. The van der Waals surface area contributed by atoms with Crippen molar-refractivity contribution in [2.75, 3.05) is 26.2 Å². The van der Waals surface area contributed by atoms with Crippen molar-refractivity contribution in [1.29, 1.82) is 0 Å². The molecular weight excluding hydrogens is 470 g/mol. The Balaban J connectivity index is 4.57. The molecule has 0 bridgehead atoms. The van der Waals surface area contributed by atoms with Crippen LogP contribution in [0.15, 0.2) is 12.2 Å². The first-order chi connectivity index (χ1) is 17.5.